The molecule has 0 fully saturated rings. The minimum absolute atomic E-state index is 0.0623. The van der Waals surface area contributed by atoms with Gasteiger partial charge in [0.2, 0.25) is 0 Å². The Morgan fingerprint density at radius 2 is 1.53 bits per heavy atom. The second kappa shape index (κ2) is 7.07. The average Bonchev–Trinajstić information content (AvgIpc) is 3.51. The summed E-state index contributed by atoms with van der Waals surface area (Å²) in [5, 5.41) is 23.5. The third-order valence-corrected chi connectivity index (χ3v) is 4.81. The standard InChI is InChI=1S/C24H14N6/c25-13-15(14-26)7-16-8-23-11-21-4-3-19(28-21)9-17-1-2-18(27-17)10-20-5-6-22(29-20)12-24(16)30-23/h1-6,8-12,24,28,30H. The van der Waals surface area contributed by atoms with Crippen molar-refractivity contribution in [2.75, 3.05) is 0 Å². The summed E-state index contributed by atoms with van der Waals surface area (Å²) in [5.74, 6) is 0. The van der Waals surface area contributed by atoms with E-state index in [4.69, 9.17) is 10.5 Å². The lowest BCUT2D eigenvalue weighted by Gasteiger charge is -2.08. The molecular weight excluding hydrogens is 372 g/mol. The molecule has 0 amide bonds. The fourth-order valence-electron chi connectivity index (χ4n) is 3.48. The molecule has 1 aromatic rings. The number of nitriles is 2. The van der Waals surface area contributed by atoms with Gasteiger partial charge < -0.3 is 10.3 Å². The number of aromatic nitrogens is 1. The number of H-pyrrole nitrogens is 1. The van der Waals surface area contributed by atoms with Crippen LogP contribution in [0.4, 0.5) is 0 Å². The molecule has 0 spiro atoms. The third kappa shape index (κ3) is 3.43. The molecule has 8 bridgehead atoms. The predicted octanol–water partition coefficient (Wildman–Crippen LogP) is 1.73. The van der Waals surface area contributed by atoms with Gasteiger partial charge in [-0.05, 0) is 66.8 Å². The first-order chi connectivity index (χ1) is 14.7. The number of fused-ring (bicyclic) bond motifs is 6. The second-order valence-corrected chi connectivity index (χ2v) is 6.96. The van der Waals surface area contributed by atoms with Gasteiger partial charge in [0.05, 0.1) is 28.9 Å². The summed E-state index contributed by atoms with van der Waals surface area (Å²) in [6.07, 6.45) is 17.5. The molecule has 0 aliphatic carbocycles. The Balaban J connectivity index is 1.71. The van der Waals surface area contributed by atoms with Gasteiger partial charge in [-0.15, -0.1) is 0 Å². The summed E-state index contributed by atoms with van der Waals surface area (Å²) in [6, 6.07) is 7.46. The smallest absolute Gasteiger partial charge is 0.171 e. The molecule has 1 atom stereocenters. The van der Waals surface area contributed by atoms with Crippen molar-refractivity contribution in [2.24, 2.45) is 9.98 Å². The van der Waals surface area contributed by atoms with Gasteiger partial charge in [-0.2, -0.15) is 10.5 Å². The maximum Gasteiger partial charge on any atom is 0.171 e. The van der Waals surface area contributed by atoms with Crippen LogP contribution in [0.3, 0.4) is 0 Å². The summed E-state index contributed by atoms with van der Waals surface area (Å²) >= 11 is 0. The van der Waals surface area contributed by atoms with Crippen molar-refractivity contribution in [2.45, 2.75) is 6.04 Å². The van der Waals surface area contributed by atoms with E-state index in [0.29, 0.717) is 5.57 Å². The van der Waals surface area contributed by atoms with E-state index in [2.05, 4.69) is 26.0 Å². The molecular formula is C24H14N6. The molecule has 0 aromatic carbocycles. The van der Waals surface area contributed by atoms with Gasteiger partial charge in [-0.3, -0.25) is 0 Å². The van der Waals surface area contributed by atoms with Crippen molar-refractivity contribution < 1.29 is 0 Å². The zero-order chi connectivity index (χ0) is 20.5. The minimum Gasteiger partial charge on any atom is -0.374 e. The zero-order valence-corrected chi connectivity index (χ0v) is 15.7. The van der Waals surface area contributed by atoms with Crippen LogP contribution >= 0.6 is 0 Å². The van der Waals surface area contributed by atoms with E-state index >= 15 is 0 Å². The quantitative estimate of drug-likeness (QED) is 0.525. The highest BCUT2D eigenvalue weighted by molar-refractivity contribution is 6.19. The Morgan fingerprint density at radius 1 is 0.833 bits per heavy atom. The van der Waals surface area contributed by atoms with Gasteiger partial charge in [0, 0.05) is 22.0 Å². The Kier molecular flexibility index (Phi) is 4.11. The van der Waals surface area contributed by atoms with E-state index in [1.54, 1.807) is 0 Å². The highest BCUT2D eigenvalue weighted by Gasteiger charge is 2.20. The fourth-order valence-corrected chi connectivity index (χ4v) is 3.48. The summed E-state index contributed by atoms with van der Waals surface area (Å²) in [4.78, 5) is 12.6. The molecule has 0 saturated heterocycles. The largest absolute Gasteiger partial charge is 0.374 e. The molecule has 1 unspecified atom stereocenters. The zero-order valence-electron chi connectivity index (χ0n) is 15.7. The predicted molar refractivity (Wildman–Crippen MR) is 115 cm³/mol. The number of hydrogen-bond acceptors (Lipinski definition) is 5. The minimum atomic E-state index is -0.256. The number of rotatable bonds is 0. The van der Waals surface area contributed by atoms with Gasteiger partial charge >= 0.3 is 0 Å². The Hall–Kier alpha value is -4.64. The van der Waals surface area contributed by atoms with Crippen LogP contribution in [0.2, 0.25) is 0 Å². The van der Waals surface area contributed by atoms with Crippen molar-refractivity contribution in [3.05, 3.63) is 99.3 Å². The monoisotopic (exact) mass is 386 g/mol. The van der Waals surface area contributed by atoms with Gasteiger partial charge in [0.15, 0.2) is 5.57 Å². The van der Waals surface area contributed by atoms with Gasteiger partial charge in [-0.1, -0.05) is 5.73 Å². The van der Waals surface area contributed by atoms with E-state index in [1.165, 1.54) is 0 Å². The Bertz CT molecular complexity index is 1440. The molecule has 6 heteroatoms. The van der Waals surface area contributed by atoms with E-state index in [9.17, 15) is 0 Å². The molecule has 5 rings (SSSR count). The van der Waals surface area contributed by atoms with Crippen LogP contribution < -0.4 is 16.0 Å². The second-order valence-electron chi connectivity index (χ2n) is 6.96. The topological polar surface area (TPSA) is 100 Å². The Morgan fingerprint density at radius 3 is 2.33 bits per heavy atom. The molecule has 30 heavy (non-hydrogen) atoms. The number of hydrogen-bond donors (Lipinski definition) is 2. The van der Waals surface area contributed by atoms with Crippen molar-refractivity contribution in [1.29, 1.82) is 10.5 Å². The van der Waals surface area contributed by atoms with Crippen LogP contribution in [0.15, 0.2) is 98.6 Å². The lowest BCUT2D eigenvalue weighted by molar-refractivity contribution is 0.826. The highest BCUT2D eigenvalue weighted by atomic mass is 15.0. The fraction of sp³-hybridized carbons (Fsp3) is 0.0417. The number of allylic oxidation sites excluding steroid dienone is 6. The van der Waals surface area contributed by atoms with E-state index in [1.807, 2.05) is 79.0 Å². The van der Waals surface area contributed by atoms with E-state index < -0.39 is 0 Å². The molecule has 1 aromatic heterocycles. The van der Waals surface area contributed by atoms with Crippen molar-refractivity contribution in [3.8, 4) is 12.1 Å². The molecule has 5 heterocycles. The van der Waals surface area contributed by atoms with Crippen LogP contribution in [0.1, 0.15) is 0 Å². The van der Waals surface area contributed by atoms with Crippen molar-refractivity contribution in [3.63, 3.8) is 0 Å². The lowest BCUT2D eigenvalue weighted by Crippen LogP contribution is -2.22. The van der Waals surface area contributed by atoms with E-state index in [0.717, 1.165) is 39.2 Å². The maximum atomic E-state index is 9.13. The number of aromatic amines is 1. The average molecular weight is 386 g/mol. The van der Waals surface area contributed by atoms with Gasteiger partial charge in [0.25, 0.3) is 0 Å². The Labute approximate surface area is 172 Å². The van der Waals surface area contributed by atoms with Crippen LogP contribution in [-0.2, 0) is 0 Å². The van der Waals surface area contributed by atoms with Crippen LogP contribution in [0.5, 0.6) is 0 Å². The number of aliphatic imine (C=N–C) groups is 2. The maximum absolute atomic E-state index is 9.13. The lowest BCUT2D eigenvalue weighted by atomic mass is 10.1. The molecule has 6 nitrogen and oxygen atoms in total. The number of nitrogens with zero attached hydrogens (tertiary/aromatic N) is 4. The summed E-state index contributed by atoms with van der Waals surface area (Å²) < 4.78 is 0. The third-order valence-electron chi connectivity index (χ3n) is 4.81. The van der Waals surface area contributed by atoms with E-state index in [-0.39, 0.29) is 11.6 Å². The first-order valence-electron chi connectivity index (χ1n) is 9.33. The molecule has 4 aliphatic heterocycles. The van der Waals surface area contributed by atoms with Crippen molar-refractivity contribution in [1.82, 2.24) is 10.3 Å². The van der Waals surface area contributed by atoms with Gasteiger partial charge in [0.1, 0.15) is 12.1 Å². The first-order valence-corrected chi connectivity index (χ1v) is 9.33. The first kappa shape index (κ1) is 17.5. The molecule has 0 saturated carbocycles. The molecule has 4 aliphatic rings. The normalized spacial score (nSPS) is 20.3. The summed E-state index contributed by atoms with van der Waals surface area (Å²) in [6.45, 7) is 0. The SMILES string of the molecule is N#CC(=C=C1C=C2C=c3ccc([nH]3)=CC3=NC(=CC4=NC(=CC1N2)C=C4)C=C3)C#N. The highest BCUT2D eigenvalue weighted by Crippen LogP contribution is 2.22. The van der Waals surface area contributed by atoms with Crippen LogP contribution in [0, 0.1) is 22.7 Å². The van der Waals surface area contributed by atoms with Crippen LogP contribution in [-0.4, -0.2) is 22.4 Å². The van der Waals surface area contributed by atoms with Crippen LogP contribution in [0.25, 0.3) is 12.2 Å². The molecule has 140 valence electrons. The van der Waals surface area contributed by atoms with Gasteiger partial charge in [-0.25, -0.2) is 9.98 Å². The molecule has 0 radical (unpaired) electrons. The number of nitrogens with one attached hydrogen (secondary N) is 2. The summed E-state index contributed by atoms with van der Waals surface area (Å²) in [7, 11) is 0. The van der Waals surface area contributed by atoms with Crippen molar-refractivity contribution >= 4 is 23.6 Å². The summed E-state index contributed by atoms with van der Waals surface area (Å²) in [5.41, 5.74) is 7.73. The molecule has 2 N–H and O–H groups in total.